The van der Waals surface area contributed by atoms with Gasteiger partial charge in [-0.2, -0.15) is 0 Å². The van der Waals surface area contributed by atoms with Gasteiger partial charge in [0.05, 0.1) is 5.69 Å². The number of ether oxygens (including phenoxy) is 1. The van der Waals surface area contributed by atoms with Crippen LogP contribution in [0.4, 0.5) is 0 Å². The first-order valence-corrected chi connectivity index (χ1v) is 4.96. The Labute approximate surface area is 93.7 Å². The number of rotatable bonds is 4. The number of nitrogens with zero attached hydrogens (tertiary/aromatic N) is 1. The van der Waals surface area contributed by atoms with Gasteiger partial charge in [-0.1, -0.05) is 18.2 Å². The van der Waals surface area contributed by atoms with Crippen LogP contribution in [-0.2, 0) is 6.61 Å². The number of aldehydes is 1. The van der Waals surface area contributed by atoms with Crippen LogP contribution < -0.4 is 4.74 Å². The lowest BCUT2D eigenvalue weighted by Gasteiger charge is -2.04. The summed E-state index contributed by atoms with van der Waals surface area (Å²) in [6.07, 6.45) is 2.31. The number of hydrogen-bond donors (Lipinski definition) is 0. The monoisotopic (exact) mass is 213 g/mol. The molecular weight excluding hydrogens is 202 g/mol. The van der Waals surface area contributed by atoms with Gasteiger partial charge in [0.25, 0.3) is 0 Å². The van der Waals surface area contributed by atoms with Crippen molar-refractivity contribution >= 4 is 6.29 Å². The molecule has 0 amide bonds. The maximum absolute atomic E-state index is 10.4. The summed E-state index contributed by atoms with van der Waals surface area (Å²) in [5, 5.41) is 0. The van der Waals surface area contributed by atoms with Gasteiger partial charge in [-0.3, -0.25) is 9.78 Å². The Hall–Kier alpha value is -2.16. The van der Waals surface area contributed by atoms with Gasteiger partial charge in [-0.15, -0.1) is 0 Å². The topological polar surface area (TPSA) is 39.2 Å². The van der Waals surface area contributed by atoms with E-state index in [0.29, 0.717) is 12.2 Å². The molecule has 0 saturated carbocycles. The van der Waals surface area contributed by atoms with Crippen LogP contribution in [0, 0.1) is 0 Å². The zero-order valence-corrected chi connectivity index (χ0v) is 8.67. The number of aromatic nitrogens is 1. The number of hydrogen-bond acceptors (Lipinski definition) is 3. The molecule has 3 nitrogen and oxygen atoms in total. The molecule has 0 unspecified atom stereocenters. The van der Waals surface area contributed by atoms with E-state index in [1.54, 1.807) is 12.1 Å². The van der Waals surface area contributed by atoms with Crippen LogP contribution in [0.3, 0.4) is 0 Å². The Bertz CT molecular complexity index is 451. The Balaban J connectivity index is 1.97. The normalized spacial score (nSPS) is 9.75. The van der Waals surface area contributed by atoms with Gasteiger partial charge in [-0.05, 0) is 24.3 Å². The van der Waals surface area contributed by atoms with Crippen LogP contribution in [0.15, 0.2) is 48.7 Å². The van der Waals surface area contributed by atoms with E-state index in [2.05, 4.69) is 4.98 Å². The molecule has 0 fully saturated rings. The van der Waals surface area contributed by atoms with E-state index in [9.17, 15) is 4.79 Å². The van der Waals surface area contributed by atoms with E-state index in [1.165, 1.54) is 6.20 Å². The van der Waals surface area contributed by atoms with Crippen LogP contribution in [0.5, 0.6) is 5.75 Å². The van der Waals surface area contributed by atoms with Gasteiger partial charge >= 0.3 is 0 Å². The molecule has 1 aromatic carbocycles. The SMILES string of the molecule is O=Cc1ccc(COc2ccccc2)nc1. The van der Waals surface area contributed by atoms with Crippen LogP contribution in [0.25, 0.3) is 0 Å². The van der Waals surface area contributed by atoms with Gasteiger partial charge in [0.15, 0.2) is 6.29 Å². The molecule has 0 saturated heterocycles. The molecule has 80 valence electrons. The first kappa shape index (κ1) is 10.4. The van der Waals surface area contributed by atoms with Crippen molar-refractivity contribution < 1.29 is 9.53 Å². The predicted octanol–water partition coefficient (Wildman–Crippen LogP) is 2.47. The third kappa shape index (κ3) is 2.67. The molecule has 2 aromatic rings. The zero-order valence-electron chi connectivity index (χ0n) is 8.67. The van der Waals surface area contributed by atoms with E-state index < -0.39 is 0 Å². The molecule has 0 aliphatic carbocycles. The van der Waals surface area contributed by atoms with Crippen molar-refractivity contribution in [1.29, 1.82) is 0 Å². The van der Waals surface area contributed by atoms with Crippen molar-refractivity contribution in [3.63, 3.8) is 0 Å². The van der Waals surface area contributed by atoms with Gasteiger partial charge in [0, 0.05) is 11.8 Å². The lowest BCUT2D eigenvalue weighted by atomic mass is 10.3. The largest absolute Gasteiger partial charge is 0.487 e. The molecular formula is C13H11NO2. The summed E-state index contributed by atoms with van der Waals surface area (Å²) in [6, 6.07) is 13.1. The quantitative estimate of drug-likeness (QED) is 0.732. The Morgan fingerprint density at radius 3 is 2.56 bits per heavy atom. The Morgan fingerprint density at radius 2 is 1.94 bits per heavy atom. The molecule has 1 heterocycles. The highest BCUT2D eigenvalue weighted by molar-refractivity contribution is 5.73. The van der Waals surface area contributed by atoms with Crippen molar-refractivity contribution in [1.82, 2.24) is 4.98 Å². The van der Waals surface area contributed by atoms with Crippen molar-refractivity contribution in [2.75, 3.05) is 0 Å². The minimum Gasteiger partial charge on any atom is -0.487 e. The standard InChI is InChI=1S/C13H11NO2/c15-9-11-6-7-12(14-8-11)10-16-13-4-2-1-3-5-13/h1-9H,10H2. The van der Waals surface area contributed by atoms with E-state index >= 15 is 0 Å². The Morgan fingerprint density at radius 1 is 1.12 bits per heavy atom. The molecule has 2 rings (SSSR count). The lowest BCUT2D eigenvalue weighted by molar-refractivity contribution is 0.112. The molecule has 16 heavy (non-hydrogen) atoms. The summed E-state index contributed by atoms with van der Waals surface area (Å²) in [5.74, 6) is 0.809. The lowest BCUT2D eigenvalue weighted by Crippen LogP contribution is -1.98. The second kappa shape index (κ2) is 5.07. The van der Waals surface area contributed by atoms with E-state index in [4.69, 9.17) is 4.74 Å². The summed E-state index contributed by atoms with van der Waals surface area (Å²) < 4.78 is 5.51. The number of carbonyl (C=O) groups is 1. The molecule has 0 atom stereocenters. The predicted molar refractivity (Wildman–Crippen MR) is 60.4 cm³/mol. The number of benzene rings is 1. The number of carbonyl (C=O) groups excluding carboxylic acids is 1. The third-order valence-electron chi connectivity index (χ3n) is 2.11. The van der Waals surface area contributed by atoms with E-state index in [0.717, 1.165) is 17.7 Å². The van der Waals surface area contributed by atoms with E-state index in [-0.39, 0.29) is 0 Å². The summed E-state index contributed by atoms with van der Waals surface area (Å²) in [6.45, 7) is 0.406. The van der Waals surface area contributed by atoms with Gasteiger partial charge in [-0.25, -0.2) is 0 Å². The van der Waals surface area contributed by atoms with Crippen LogP contribution in [-0.4, -0.2) is 11.3 Å². The average Bonchev–Trinajstić information content (AvgIpc) is 2.38. The molecule has 0 bridgehead atoms. The molecule has 0 N–H and O–H groups in total. The van der Waals surface area contributed by atoms with Gasteiger partial charge in [0.1, 0.15) is 12.4 Å². The molecule has 1 aromatic heterocycles. The zero-order chi connectivity index (χ0) is 11.2. The fourth-order valence-electron chi connectivity index (χ4n) is 1.27. The third-order valence-corrected chi connectivity index (χ3v) is 2.11. The maximum Gasteiger partial charge on any atom is 0.151 e. The maximum atomic E-state index is 10.4. The highest BCUT2D eigenvalue weighted by Crippen LogP contribution is 2.10. The van der Waals surface area contributed by atoms with Crippen LogP contribution >= 0.6 is 0 Å². The molecule has 0 radical (unpaired) electrons. The molecule has 0 aliphatic rings. The first-order valence-electron chi connectivity index (χ1n) is 4.96. The van der Waals surface area contributed by atoms with Crippen molar-refractivity contribution in [3.8, 4) is 5.75 Å². The highest BCUT2D eigenvalue weighted by atomic mass is 16.5. The summed E-state index contributed by atoms with van der Waals surface area (Å²) in [7, 11) is 0. The molecule has 0 spiro atoms. The minimum absolute atomic E-state index is 0.406. The summed E-state index contributed by atoms with van der Waals surface area (Å²) >= 11 is 0. The fraction of sp³-hybridized carbons (Fsp3) is 0.0769. The molecule has 3 heteroatoms. The van der Waals surface area contributed by atoms with E-state index in [1.807, 2.05) is 30.3 Å². The summed E-state index contributed by atoms with van der Waals surface area (Å²) in [4.78, 5) is 14.5. The van der Waals surface area contributed by atoms with Crippen LogP contribution in [0.2, 0.25) is 0 Å². The van der Waals surface area contributed by atoms with Gasteiger partial charge in [0.2, 0.25) is 0 Å². The number of para-hydroxylation sites is 1. The van der Waals surface area contributed by atoms with Crippen LogP contribution in [0.1, 0.15) is 16.1 Å². The second-order valence-corrected chi connectivity index (χ2v) is 3.30. The van der Waals surface area contributed by atoms with Gasteiger partial charge < -0.3 is 4.74 Å². The first-order chi connectivity index (χ1) is 7.88. The Kier molecular flexibility index (Phi) is 3.28. The van der Waals surface area contributed by atoms with Crippen molar-refractivity contribution in [3.05, 3.63) is 59.9 Å². The second-order valence-electron chi connectivity index (χ2n) is 3.30. The molecule has 0 aliphatic heterocycles. The number of pyridine rings is 1. The average molecular weight is 213 g/mol. The smallest absolute Gasteiger partial charge is 0.151 e. The minimum atomic E-state index is 0.406. The fourth-order valence-corrected chi connectivity index (χ4v) is 1.27. The van der Waals surface area contributed by atoms with Crippen molar-refractivity contribution in [2.45, 2.75) is 6.61 Å². The summed E-state index contributed by atoms with van der Waals surface area (Å²) in [5.41, 5.74) is 1.37. The highest BCUT2D eigenvalue weighted by Gasteiger charge is 1.97. The van der Waals surface area contributed by atoms with Crippen molar-refractivity contribution in [2.24, 2.45) is 0 Å².